The minimum Gasteiger partial charge on any atom is -0.394 e. The number of amides is 1. The SMILES string of the molecule is O=C(Cc1cccc([N+](=O)[O-])c1)N1CCOC(CO)C1. The monoisotopic (exact) mass is 280 g/mol. The average Bonchev–Trinajstić information content (AvgIpc) is 2.47. The maximum absolute atomic E-state index is 12.1. The number of aliphatic hydroxyl groups is 1. The second kappa shape index (κ2) is 6.44. The van der Waals surface area contributed by atoms with E-state index in [0.717, 1.165) is 0 Å². The Morgan fingerprint density at radius 1 is 1.55 bits per heavy atom. The van der Waals surface area contributed by atoms with Gasteiger partial charge in [-0.2, -0.15) is 0 Å². The fourth-order valence-electron chi connectivity index (χ4n) is 2.12. The number of nitrogens with zero attached hydrogens (tertiary/aromatic N) is 2. The van der Waals surface area contributed by atoms with E-state index in [1.165, 1.54) is 12.1 Å². The number of hydrogen-bond donors (Lipinski definition) is 1. The smallest absolute Gasteiger partial charge is 0.269 e. The fraction of sp³-hybridized carbons (Fsp3) is 0.462. The number of aliphatic hydroxyl groups excluding tert-OH is 1. The van der Waals surface area contributed by atoms with Crippen LogP contribution in [0.1, 0.15) is 5.56 Å². The van der Waals surface area contributed by atoms with Gasteiger partial charge in [-0.3, -0.25) is 14.9 Å². The number of carbonyl (C=O) groups excluding carboxylic acids is 1. The van der Waals surface area contributed by atoms with E-state index in [0.29, 0.717) is 25.3 Å². The van der Waals surface area contributed by atoms with Crippen molar-refractivity contribution >= 4 is 11.6 Å². The molecule has 20 heavy (non-hydrogen) atoms. The van der Waals surface area contributed by atoms with E-state index in [4.69, 9.17) is 9.84 Å². The predicted octanol–water partition coefficient (Wildman–Crippen LogP) is 0.357. The third-order valence-corrected chi connectivity index (χ3v) is 3.17. The Hall–Kier alpha value is -1.99. The van der Waals surface area contributed by atoms with Crippen molar-refractivity contribution in [1.29, 1.82) is 0 Å². The summed E-state index contributed by atoms with van der Waals surface area (Å²) >= 11 is 0. The third kappa shape index (κ3) is 3.52. The number of hydrogen-bond acceptors (Lipinski definition) is 5. The molecule has 0 aliphatic carbocycles. The molecule has 1 amide bonds. The van der Waals surface area contributed by atoms with Crippen molar-refractivity contribution in [3.63, 3.8) is 0 Å². The molecule has 1 unspecified atom stereocenters. The van der Waals surface area contributed by atoms with Crippen molar-refractivity contribution in [3.8, 4) is 0 Å². The summed E-state index contributed by atoms with van der Waals surface area (Å²) in [4.78, 5) is 24.0. The van der Waals surface area contributed by atoms with Gasteiger partial charge in [-0.25, -0.2) is 0 Å². The number of benzene rings is 1. The number of ether oxygens (including phenoxy) is 1. The highest BCUT2D eigenvalue weighted by atomic mass is 16.6. The Bertz CT molecular complexity index is 505. The van der Waals surface area contributed by atoms with Gasteiger partial charge in [0, 0.05) is 25.2 Å². The van der Waals surface area contributed by atoms with E-state index in [9.17, 15) is 14.9 Å². The van der Waals surface area contributed by atoms with Gasteiger partial charge >= 0.3 is 0 Å². The maximum Gasteiger partial charge on any atom is 0.269 e. The highest BCUT2D eigenvalue weighted by molar-refractivity contribution is 5.79. The Kier molecular flexibility index (Phi) is 4.65. The van der Waals surface area contributed by atoms with E-state index < -0.39 is 4.92 Å². The van der Waals surface area contributed by atoms with E-state index >= 15 is 0 Å². The van der Waals surface area contributed by atoms with Crippen molar-refractivity contribution in [2.75, 3.05) is 26.3 Å². The van der Waals surface area contributed by atoms with Crippen LogP contribution in [-0.2, 0) is 16.0 Å². The Morgan fingerprint density at radius 3 is 3.05 bits per heavy atom. The minimum atomic E-state index is -0.482. The Balaban J connectivity index is 2.00. The molecule has 1 aliphatic heterocycles. The molecule has 0 aromatic heterocycles. The zero-order valence-electron chi connectivity index (χ0n) is 10.9. The summed E-state index contributed by atoms with van der Waals surface area (Å²) in [7, 11) is 0. The molecule has 1 heterocycles. The van der Waals surface area contributed by atoms with Crippen molar-refractivity contribution in [2.45, 2.75) is 12.5 Å². The zero-order chi connectivity index (χ0) is 14.5. The summed E-state index contributed by atoms with van der Waals surface area (Å²) < 4.78 is 5.28. The second-order valence-electron chi connectivity index (χ2n) is 4.62. The van der Waals surface area contributed by atoms with E-state index in [1.807, 2.05) is 0 Å². The summed E-state index contributed by atoms with van der Waals surface area (Å²) in [6.45, 7) is 1.10. The van der Waals surface area contributed by atoms with E-state index in [2.05, 4.69) is 0 Å². The first kappa shape index (κ1) is 14.4. The van der Waals surface area contributed by atoms with Crippen LogP contribution in [0.5, 0.6) is 0 Å². The van der Waals surface area contributed by atoms with Gasteiger partial charge in [-0.15, -0.1) is 0 Å². The number of non-ortho nitro benzene ring substituents is 1. The van der Waals surface area contributed by atoms with Crippen molar-refractivity contribution in [3.05, 3.63) is 39.9 Å². The van der Waals surface area contributed by atoms with Crippen LogP contribution in [0, 0.1) is 10.1 Å². The van der Waals surface area contributed by atoms with Crippen LogP contribution in [0.15, 0.2) is 24.3 Å². The predicted molar refractivity (Wildman–Crippen MR) is 70.2 cm³/mol. The molecule has 1 fully saturated rings. The van der Waals surface area contributed by atoms with Gasteiger partial charge in [0.1, 0.15) is 0 Å². The number of nitro benzene ring substituents is 1. The van der Waals surface area contributed by atoms with Gasteiger partial charge in [0.05, 0.1) is 30.7 Å². The molecule has 7 heteroatoms. The van der Waals surface area contributed by atoms with Crippen LogP contribution in [0.4, 0.5) is 5.69 Å². The number of rotatable bonds is 4. The molecule has 0 radical (unpaired) electrons. The molecule has 0 spiro atoms. The quantitative estimate of drug-likeness (QED) is 0.635. The van der Waals surface area contributed by atoms with Crippen LogP contribution in [0.3, 0.4) is 0 Å². The van der Waals surface area contributed by atoms with Crippen molar-refractivity contribution in [1.82, 2.24) is 4.90 Å². The van der Waals surface area contributed by atoms with Gasteiger partial charge in [0.15, 0.2) is 0 Å². The lowest BCUT2D eigenvalue weighted by molar-refractivity contribution is -0.384. The van der Waals surface area contributed by atoms with Gasteiger partial charge in [-0.05, 0) is 5.56 Å². The Labute approximate surface area is 115 Å². The molecule has 1 atom stereocenters. The van der Waals surface area contributed by atoms with E-state index in [1.54, 1.807) is 17.0 Å². The number of carbonyl (C=O) groups is 1. The Morgan fingerprint density at radius 2 is 2.35 bits per heavy atom. The first-order valence-corrected chi connectivity index (χ1v) is 6.33. The summed E-state index contributed by atoms with van der Waals surface area (Å²) in [6, 6.07) is 6.05. The number of nitro groups is 1. The molecule has 1 aromatic carbocycles. The molecular weight excluding hydrogens is 264 g/mol. The molecule has 0 bridgehead atoms. The molecule has 108 valence electrons. The van der Waals surface area contributed by atoms with Gasteiger partial charge < -0.3 is 14.7 Å². The molecule has 0 saturated carbocycles. The summed E-state index contributed by atoms with van der Waals surface area (Å²) in [5.41, 5.74) is 0.585. The summed E-state index contributed by atoms with van der Waals surface area (Å²) in [6.07, 6.45) is -0.238. The average molecular weight is 280 g/mol. The van der Waals surface area contributed by atoms with Crippen LogP contribution < -0.4 is 0 Å². The van der Waals surface area contributed by atoms with Gasteiger partial charge in [0.2, 0.25) is 5.91 Å². The molecule has 2 rings (SSSR count). The summed E-state index contributed by atoms with van der Waals surface area (Å²) in [5.74, 6) is -0.118. The molecular formula is C13H16N2O5. The highest BCUT2D eigenvalue weighted by Gasteiger charge is 2.23. The standard InChI is InChI=1S/C13H16N2O5/c16-9-12-8-14(4-5-20-12)13(17)7-10-2-1-3-11(6-10)15(18)19/h1-3,6,12,16H,4-5,7-9H2. The van der Waals surface area contributed by atoms with Crippen LogP contribution in [0.2, 0.25) is 0 Å². The molecule has 1 N–H and O–H groups in total. The maximum atomic E-state index is 12.1. The van der Waals surface area contributed by atoms with Gasteiger partial charge in [-0.1, -0.05) is 12.1 Å². The first-order valence-electron chi connectivity index (χ1n) is 6.33. The minimum absolute atomic E-state index is 0.0227. The molecule has 1 saturated heterocycles. The van der Waals surface area contributed by atoms with Crippen LogP contribution in [0.25, 0.3) is 0 Å². The molecule has 1 aliphatic rings. The largest absolute Gasteiger partial charge is 0.394 e. The molecule has 1 aromatic rings. The van der Waals surface area contributed by atoms with Crippen molar-refractivity contribution < 1.29 is 19.6 Å². The second-order valence-corrected chi connectivity index (χ2v) is 4.62. The van der Waals surface area contributed by atoms with Crippen LogP contribution in [-0.4, -0.2) is 53.2 Å². The summed E-state index contributed by atoms with van der Waals surface area (Å²) in [5, 5.41) is 19.7. The van der Waals surface area contributed by atoms with Crippen LogP contribution >= 0.6 is 0 Å². The normalized spacial score (nSPS) is 18.9. The first-order chi connectivity index (χ1) is 9.60. The van der Waals surface area contributed by atoms with E-state index in [-0.39, 0.29) is 30.7 Å². The lowest BCUT2D eigenvalue weighted by Crippen LogP contribution is -2.47. The third-order valence-electron chi connectivity index (χ3n) is 3.17. The lowest BCUT2D eigenvalue weighted by atomic mass is 10.1. The highest BCUT2D eigenvalue weighted by Crippen LogP contribution is 2.15. The topological polar surface area (TPSA) is 92.9 Å². The fourth-order valence-corrected chi connectivity index (χ4v) is 2.12. The number of morpholine rings is 1. The molecule has 7 nitrogen and oxygen atoms in total. The van der Waals surface area contributed by atoms with Crippen molar-refractivity contribution in [2.24, 2.45) is 0 Å². The zero-order valence-corrected chi connectivity index (χ0v) is 10.9. The lowest BCUT2D eigenvalue weighted by Gasteiger charge is -2.32. The van der Waals surface area contributed by atoms with Gasteiger partial charge in [0.25, 0.3) is 5.69 Å².